The molecule has 0 N–H and O–H groups in total. The van der Waals surface area contributed by atoms with Gasteiger partial charge in [0.2, 0.25) is 5.91 Å². The van der Waals surface area contributed by atoms with Crippen LogP contribution < -0.4 is 0 Å². The molecule has 0 unspecified atom stereocenters. The van der Waals surface area contributed by atoms with Crippen molar-refractivity contribution in [1.29, 1.82) is 0 Å². The molecule has 0 aromatic carbocycles. The monoisotopic (exact) mass is 310 g/mol. The van der Waals surface area contributed by atoms with Gasteiger partial charge in [0, 0.05) is 45.5 Å². The Bertz CT molecular complexity index is 692. The molecule has 23 heavy (non-hydrogen) atoms. The van der Waals surface area contributed by atoms with E-state index in [1.54, 1.807) is 41.2 Å². The molecule has 2 amide bonds. The lowest BCUT2D eigenvalue weighted by Gasteiger charge is -2.34. The van der Waals surface area contributed by atoms with Crippen molar-refractivity contribution in [3.63, 3.8) is 0 Å². The molecule has 2 aromatic heterocycles. The summed E-state index contributed by atoms with van der Waals surface area (Å²) in [5, 5.41) is 0. The van der Waals surface area contributed by atoms with Crippen LogP contribution in [0, 0.1) is 0 Å². The first kappa shape index (κ1) is 15.1. The molecular formula is C17H18N4O2. The Morgan fingerprint density at radius 3 is 2.17 bits per heavy atom. The van der Waals surface area contributed by atoms with Crippen LogP contribution in [0.2, 0.25) is 0 Å². The second-order valence-corrected chi connectivity index (χ2v) is 5.45. The molecule has 0 saturated carbocycles. The summed E-state index contributed by atoms with van der Waals surface area (Å²) in [5.41, 5.74) is 2.08. The van der Waals surface area contributed by atoms with Crippen molar-refractivity contribution < 1.29 is 9.59 Å². The third-order valence-corrected chi connectivity index (χ3v) is 3.95. The van der Waals surface area contributed by atoms with E-state index in [1.165, 1.54) is 0 Å². The number of rotatable bonds is 2. The first-order valence-electron chi connectivity index (χ1n) is 7.57. The molecule has 2 aromatic rings. The predicted octanol–water partition coefficient (Wildman–Crippen LogP) is 1.45. The maximum Gasteiger partial charge on any atom is 0.255 e. The van der Waals surface area contributed by atoms with Gasteiger partial charge in [-0.25, -0.2) is 0 Å². The fraction of sp³-hybridized carbons (Fsp3) is 0.294. The van der Waals surface area contributed by atoms with Crippen molar-refractivity contribution in [3.05, 3.63) is 48.3 Å². The van der Waals surface area contributed by atoms with Gasteiger partial charge in [-0.2, -0.15) is 0 Å². The molecule has 1 fully saturated rings. The van der Waals surface area contributed by atoms with Crippen molar-refractivity contribution in [3.8, 4) is 11.4 Å². The van der Waals surface area contributed by atoms with E-state index < -0.39 is 0 Å². The molecule has 0 bridgehead atoms. The zero-order valence-corrected chi connectivity index (χ0v) is 13.0. The Balaban J connectivity index is 1.68. The molecule has 1 aliphatic heterocycles. The molecule has 6 nitrogen and oxygen atoms in total. The van der Waals surface area contributed by atoms with E-state index in [2.05, 4.69) is 9.97 Å². The summed E-state index contributed by atoms with van der Waals surface area (Å²) >= 11 is 0. The van der Waals surface area contributed by atoms with Crippen molar-refractivity contribution in [2.45, 2.75) is 6.92 Å². The lowest BCUT2D eigenvalue weighted by atomic mass is 10.2. The van der Waals surface area contributed by atoms with Crippen LogP contribution in [0.15, 0.2) is 42.7 Å². The number of hydrogen-bond acceptors (Lipinski definition) is 4. The van der Waals surface area contributed by atoms with E-state index in [1.807, 2.05) is 18.2 Å². The minimum atomic E-state index is -0.0479. The third kappa shape index (κ3) is 3.36. The third-order valence-electron chi connectivity index (χ3n) is 3.95. The summed E-state index contributed by atoms with van der Waals surface area (Å²) in [4.78, 5) is 35.9. The zero-order chi connectivity index (χ0) is 16.2. The molecular weight excluding hydrogens is 292 g/mol. The highest BCUT2D eigenvalue weighted by Crippen LogP contribution is 2.15. The quantitative estimate of drug-likeness (QED) is 0.842. The van der Waals surface area contributed by atoms with E-state index in [9.17, 15) is 9.59 Å². The van der Waals surface area contributed by atoms with E-state index in [0.29, 0.717) is 31.7 Å². The molecule has 0 radical (unpaired) electrons. The Kier molecular flexibility index (Phi) is 4.32. The minimum absolute atomic E-state index is 0.0479. The molecule has 6 heteroatoms. The number of amides is 2. The Morgan fingerprint density at radius 1 is 0.913 bits per heavy atom. The van der Waals surface area contributed by atoms with Gasteiger partial charge >= 0.3 is 0 Å². The highest BCUT2D eigenvalue weighted by molar-refractivity contribution is 5.94. The van der Waals surface area contributed by atoms with Crippen LogP contribution in [0.25, 0.3) is 11.4 Å². The second kappa shape index (κ2) is 6.56. The van der Waals surface area contributed by atoms with E-state index in [4.69, 9.17) is 0 Å². The molecule has 0 atom stereocenters. The fourth-order valence-corrected chi connectivity index (χ4v) is 2.59. The van der Waals surface area contributed by atoms with Crippen LogP contribution in [0.4, 0.5) is 0 Å². The number of piperazine rings is 1. The number of aromatic nitrogens is 2. The molecule has 0 aliphatic carbocycles. The maximum atomic E-state index is 12.5. The van der Waals surface area contributed by atoms with Gasteiger partial charge in [0.1, 0.15) is 0 Å². The van der Waals surface area contributed by atoms with Crippen molar-refractivity contribution in [1.82, 2.24) is 19.8 Å². The van der Waals surface area contributed by atoms with E-state index >= 15 is 0 Å². The summed E-state index contributed by atoms with van der Waals surface area (Å²) in [5.74, 6) is 0.00625. The number of carbonyl (C=O) groups is 2. The first-order valence-corrected chi connectivity index (χ1v) is 7.57. The number of nitrogens with zero attached hydrogens (tertiary/aromatic N) is 4. The van der Waals surface area contributed by atoms with E-state index in [-0.39, 0.29) is 11.8 Å². The van der Waals surface area contributed by atoms with Gasteiger partial charge in [-0.15, -0.1) is 0 Å². The Hall–Kier alpha value is -2.76. The van der Waals surface area contributed by atoms with Gasteiger partial charge in [-0.05, 0) is 24.3 Å². The van der Waals surface area contributed by atoms with Crippen LogP contribution in [0.3, 0.4) is 0 Å². The molecule has 1 aliphatic rings. The minimum Gasteiger partial charge on any atom is -0.339 e. The predicted molar refractivity (Wildman–Crippen MR) is 85.6 cm³/mol. The van der Waals surface area contributed by atoms with Gasteiger partial charge in [0.05, 0.1) is 17.0 Å². The molecule has 1 saturated heterocycles. The zero-order valence-electron chi connectivity index (χ0n) is 13.0. The lowest BCUT2D eigenvalue weighted by molar-refractivity contribution is -0.130. The highest BCUT2D eigenvalue weighted by atomic mass is 16.2. The lowest BCUT2D eigenvalue weighted by Crippen LogP contribution is -2.50. The topological polar surface area (TPSA) is 66.4 Å². The van der Waals surface area contributed by atoms with Gasteiger partial charge in [-0.3, -0.25) is 19.6 Å². The number of pyridine rings is 2. The van der Waals surface area contributed by atoms with E-state index in [0.717, 1.165) is 11.4 Å². The van der Waals surface area contributed by atoms with Crippen LogP contribution in [0.1, 0.15) is 17.3 Å². The summed E-state index contributed by atoms with van der Waals surface area (Å²) in [6, 6.07) is 9.21. The maximum absolute atomic E-state index is 12.5. The van der Waals surface area contributed by atoms with Gasteiger partial charge in [0.25, 0.3) is 5.91 Å². The first-order chi connectivity index (χ1) is 11.1. The number of hydrogen-bond donors (Lipinski definition) is 0. The van der Waals surface area contributed by atoms with Gasteiger partial charge < -0.3 is 9.80 Å². The smallest absolute Gasteiger partial charge is 0.255 e. The summed E-state index contributed by atoms with van der Waals surface area (Å²) in [7, 11) is 0. The van der Waals surface area contributed by atoms with Crippen molar-refractivity contribution >= 4 is 11.8 Å². The largest absolute Gasteiger partial charge is 0.339 e. The SMILES string of the molecule is CC(=O)N1CCN(C(=O)c2ccc(-c3ccccn3)nc2)CC1. The van der Waals surface area contributed by atoms with Crippen LogP contribution >= 0.6 is 0 Å². The molecule has 118 valence electrons. The molecule has 3 rings (SSSR count). The average molecular weight is 310 g/mol. The molecule has 0 spiro atoms. The normalized spacial score (nSPS) is 14.7. The van der Waals surface area contributed by atoms with Crippen molar-refractivity contribution in [2.24, 2.45) is 0 Å². The van der Waals surface area contributed by atoms with Crippen LogP contribution in [-0.4, -0.2) is 57.8 Å². The van der Waals surface area contributed by atoms with Crippen molar-refractivity contribution in [2.75, 3.05) is 26.2 Å². The number of carbonyl (C=O) groups excluding carboxylic acids is 2. The standard InChI is InChI=1S/C17H18N4O2/c1-13(22)20-8-10-21(11-9-20)17(23)14-5-6-16(19-12-14)15-4-2-3-7-18-15/h2-7,12H,8-11H2,1H3. The second-order valence-electron chi connectivity index (χ2n) is 5.45. The van der Waals surface area contributed by atoms with Crippen LogP contribution in [-0.2, 0) is 4.79 Å². The van der Waals surface area contributed by atoms with Gasteiger partial charge in [-0.1, -0.05) is 6.07 Å². The summed E-state index contributed by atoms with van der Waals surface area (Å²) in [6.07, 6.45) is 3.30. The Labute approximate surface area is 134 Å². The molecule has 3 heterocycles. The average Bonchev–Trinajstić information content (AvgIpc) is 2.62. The highest BCUT2D eigenvalue weighted by Gasteiger charge is 2.23. The summed E-state index contributed by atoms with van der Waals surface area (Å²) < 4.78 is 0. The van der Waals surface area contributed by atoms with Crippen LogP contribution in [0.5, 0.6) is 0 Å². The summed E-state index contributed by atoms with van der Waals surface area (Å²) in [6.45, 7) is 3.83. The Morgan fingerprint density at radius 2 is 1.61 bits per heavy atom. The van der Waals surface area contributed by atoms with Gasteiger partial charge in [0.15, 0.2) is 0 Å². The fourth-order valence-electron chi connectivity index (χ4n) is 2.59.